The van der Waals surface area contributed by atoms with Gasteiger partial charge in [0.1, 0.15) is 0 Å². The Balaban J connectivity index is 1.36. The molecule has 0 radical (unpaired) electrons. The van der Waals surface area contributed by atoms with Crippen LogP contribution in [0.25, 0.3) is 0 Å². The Hall–Kier alpha value is -2.46. The van der Waals surface area contributed by atoms with Gasteiger partial charge < -0.3 is 24.4 Å². The molecule has 3 heterocycles. The third kappa shape index (κ3) is 4.76. The number of ether oxygens (including phenoxy) is 3. The fourth-order valence-electron chi connectivity index (χ4n) is 3.23. The quantitative estimate of drug-likeness (QED) is 0.712. The second kappa shape index (κ2) is 9.36. The second-order valence-electron chi connectivity index (χ2n) is 6.68. The highest BCUT2D eigenvalue weighted by Gasteiger charge is 2.20. The van der Waals surface area contributed by atoms with Crippen LogP contribution in [0.1, 0.15) is 13.3 Å². The van der Waals surface area contributed by atoms with Crippen LogP contribution in [-0.4, -0.2) is 65.9 Å². The van der Waals surface area contributed by atoms with Gasteiger partial charge in [0.15, 0.2) is 16.7 Å². The number of carbonyl (C=O) groups excluding carboxylic acids is 1. The maximum atomic E-state index is 12.4. The fraction of sp³-hybridized carbons (Fsp3) is 0.526. The molecule has 4 rings (SSSR count). The zero-order valence-electron chi connectivity index (χ0n) is 16.4. The molecule has 2 aliphatic rings. The summed E-state index contributed by atoms with van der Waals surface area (Å²) in [5.41, 5.74) is 0.686. The van der Waals surface area contributed by atoms with Crippen LogP contribution in [0.5, 0.6) is 11.5 Å². The van der Waals surface area contributed by atoms with Crippen LogP contribution >= 0.6 is 11.8 Å². The minimum absolute atomic E-state index is 0.108. The predicted molar refractivity (Wildman–Crippen MR) is 110 cm³/mol. The zero-order chi connectivity index (χ0) is 20.1. The average Bonchev–Trinajstić information content (AvgIpc) is 3.02. The van der Waals surface area contributed by atoms with E-state index in [1.165, 1.54) is 11.8 Å². The van der Waals surface area contributed by atoms with Gasteiger partial charge in [-0.2, -0.15) is 0 Å². The Kier molecular flexibility index (Phi) is 6.40. The Bertz CT molecular complexity index is 853. The van der Waals surface area contributed by atoms with E-state index in [1.807, 2.05) is 16.7 Å². The monoisotopic (exact) mass is 419 g/mol. The zero-order valence-corrected chi connectivity index (χ0v) is 17.2. The van der Waals surface area contributed by atoms with Gasteiger partial charge in [-0.3, -0.25) is 9.36 Å². The molecule has 29 heavy (non-hydrogen) atoms. The minimum atomic E-state index is -0.108. The van der Waals surface area contributed by atoms with Crippen molar-refractivity contribution in [2.24, 2.45) is 0 Å². The molecule has 10 heteroatoms. The summed E-state index contributed by atoms with van der Waals surface area (Å²) in [5, 5.41) is 12.3. The lowest BCUT2D eigenvalue weighted by Gasteiger charge is -2.27. The van der Waals surface area contributed by atoms with Gasteiger partial charge in [0.2, 0.25) is 11.9 Å². The van der Waals surface area contributed by atoms with Gasteiger partial charge >= 0.3 is 0 Å². The molecule has 1 fully saturated rings. The Morgan fingerprint density at radius 1 is 1.14 bits per heavy atom. The SMILES string of the molecule is CCn1c(SCC(=O)Nc2ccc3c(c2)OCCCO3)nnc1N1CCOCC1. The first-order valence-electron chi connectivity index (χ1n) is 9.83. The van der Waals surface area contributed by atoms with Crippen LogP contribution in [0.3, 0.4) is 0 Å². The van der Waals surface area contributed by atoms with E-state index in [9.17, 15) is 4.79 Å². The second-order valence-corrected chi connectivity index (χ2v) is 7.62. The van der Waals surface area contributed by atoms with Crippen molar-refractivity contribution >= 4 is 29.3 Å². The molecule has 1 aromatic heterocycles. The number of hydrogen-bond acceptors (Lipinski definition) is 8. The number of benzene rings is 1. The molecule has 1 amide bonds. The summed E-state index contributed by atoms with van der Waals surface area (Å²) >= 11 is 1.38. The van der Waals surface area contributed by atoms with E-state index < -0.39 is 0 Å². The van der Waals surface area contributed by atoms with Crippen LogP contribution in [0, 0.1) is 0 Å². The van der Waals surface area contributed by atoms with E-state index in [4.69, 9.17) is 14.2 Å². The Morgan fingerprint density at radius 2 is 1.93 bits per heavy atom. The van der Waals surface area contributed by atoms with E-state index >= 15 is 0 Å². The Morgan fingerprint density at radius 3 is 2.72 bits per heavy atom. The average molecular weight is 420 g/mol. The largest absolute Gasteiger partial charge is 0.490 e. The number of aromatic nitrogens is 3. The summed E-state index contributed by atoms with van der Waals surface area (Å²) < 4.78 is 18.7. The standard InChI is InChI=1S/C19H25N5O4S/c1-2-24-18(23-6-10-26-11-7-23)21-22-19(24)29-13-17(25)20-14-4-5-15-16(12-14)28-9-3-8-27-15/h4-5,12H,2-3,6-11,13H2,1H3,(H,20,25). The Labute approximate surface area is 173 Å². The molecule has 0 bridgehead atoms. The number of rotatable bonds is 6. The van der Waals surface area contributed by atoms with Gasteiger partial charge in [-0.1, -0.05) is 11.8 Å². The van der Waals surface area contributed by atoms with Crippen molar-refractivity contribution in [2.75, 3.05) is 55.5 Å². The van der Waals surface area contributed by atoms with Crippen LogP contribution < -0.4 is 19.7 Å². The van der Waals surface area contributed by atoms with Gasteiger partial charge in [-0.05, 0) is 19.1 Å². The summed E-state index contributed by atoms with van der Waals surface area (Å²) in [5.74, 6) is 2.34. The first-order valence-corrected chi connectivity index (χ1v) is 10.8. The van der Waals surface area contributed by atoms with Crippen molar-refractivity contribution in [3.63, 3.8) is 0 Å². The lowest BCUT2D eigenvalue weighted by molar-refractivity contribution is -0.113. The summed E-state index contributed by atoms with van der Waals surface area (Å²) in [6.07, 6.45) is 0.845. The molecule has 0 unspecified atom stereocenters. The molecule has 1 N–H and O–H groups in total. The molecule has 0 spiro atoms. The number of anilines is 2. The molecule has 156 valence electrons. The highest BCUT2D eigenvalue weighted by atomic mass is 32.2. The molecule has 9 nitrogen and oxygen atoms in total. The number of thioether (sulfide) groups is 1. The molecule has 2 aliphatic heterocycles. The maximum absolute atomic E-state index is 12.4. The number of nitrogens with zero attached hydrogens (tertiary/aromatic N) is 4. The normalized spacial score (nSPS) is 16.4. The smallest absolute Gasteiger partial charge is 0.234 e. The topological polar surface area (TPSA) is 90.7 Å². The molecular weight excluding hydrogens is 394 g/mol. The van der Waals surface area contributed by atoms with Crippen LogP contribution in [-0.2, 0) is 16.1 Å². The van der Waals surface area contributed by atoms with E-state index in [1.54, 1.807) is 6.07 Å². The van der Waals surface area contributed by atoms with E-state index in [2.05, 4.69) is 27.3 Å². The highest BCUT2D eigenvalue weighted by molar-refractivity contribution is 7.99. The van der Waals surface area contributed by atoms with E-state index in [0.29, 0.717) is 43.6 Å². The molecule has 1 saturated heterocycles. The van der Waals surface area contributed by atoms with Crippen LogP contribution in [0.2, 0.25) is 0 Å². The number of carbonyl (C=O) groups is 1. The number of nitrogens with one attached hydrogen (secondary N) is 1. The lowest BCUT2D eigenvalue weighted by Crippen LogP contribution is -2.38. The summed E-state index contributed by atoms with van der Waals surface area (Å²) in [6, 6.07) is 5.45. The van der Waals surface area contributed by atoms with Crippen molar-refractivity contribution in [3.05, 3.63) is 18.2 Å². The number of amides is 1. The minimum Gasteiger partial charge on any atom is -0.490 e. The van der Waals surface area contributed by atoms with Crippen molar-refractivity contribution in [1.82, 2.24) is 14.8 Å². The highest BCUT2D eigenvalue weighted by Crippen LogP contribution is 2.32. The van der Waals surface area contributed by atoms with Crippen molar-refractivity contribution in [2.45, 2.75) is 25.0 Å². The van der Waals surface area contributed by atoms with Crippen molar-refractivity contribution in [1.29, 1.82) is 0 Å². The molecular formula is C19H25N5O4S. The van der Waals surface area contributed by atoms with Crippen molar-refractivity contribution in [3.8, 4) is 11.5 Å². The van der Waals surface area contributed by atoms with Gasteiger partial charge in [-0.25, -0.2) is 0 Å². The summed E-state index contributed by atoms with van der Waals surface area (Å²) in [4.78, 5) is 14.6. The van der Waals surface area contributed by atoms with E-state index in [0.717, 1.165) is 37.2 Å². The number of morpholine rings is 1. The first kappa shape index (κ1) is 19.8. The fourth-order valence-corrected chi connectivity index (χ4v) is 4.03. The molecule has 1 aromatic carbocycles. The van der Waals surface area contributed by atoms with Gasteiger partial charge in [0.25, 0.3) is 0 Å². The third-order valence-electron chi connectivity index (χ3n) is 4.67. The lowest BCUT2D eigenvalue weighted by atomic mass is 10.2. The maximum Gasteiger partial charge on any atom is 0.234 e. The van der Waals surface area contributed by atoms with Crippen LogP contribution in [0.15, 0.2) is 23.4 Å². The van der Waals surface area contributed by atoms with Gasteiger partial charge in [0, 0.05) is 37.8 Å². The molecule has 0 atom stereocenters. The van der Waals surface area contributed by atoms with Crippen LogP contribution in [0.4, 0.5) is 11.6 Å². The first-order chi connectivity index (χ1) is 14.2. The van der Waals surface area contributed by atoms with Gasteiger partial charge in [0.05, 0.1) is 32.2 Å². The predicted octanol–water partition coefficient (Wildman–Crippen LogP) is 2.03. The third-order valence-corrected chi connectivity index (χ3v) is 5.64. The molecule has 2 aromatic rings. The van der Waals surface area contributed by atoms with Crippen molar-refractivity contribution < 1.29 is 19.0 Å². The molecule has 0 aliphatic carbocycles. The van der Waals surface area contributed by atoms with Gasteiger partial charge in [-0.15, -0.1) is 10.2 Å². The number of hydrogen-bond donors (Lipinski definition) is 1. The summed E-state index contributed by atoms with van der Waals surface area (Å²) in [6.45, 7) is 7.02. The van der Waals surface area contributed by atoms with E-state index in [-0.39, 0.29) is 11.7 Å². The summed E-state index contributed by atoms with van der Waals surface area (Å²) in [7, 11) is 0. The number of fused-ring (bicyclic) bond motifs is 1. The molecule has 0 saturated carbocycles.